The van der Waals surface area contributed by atoms with Crippen molar-refractivity contribution in [1.82, 2.24) is 9.97 Å². The van der Waals surface area contributed by atoms with Gasteiger partial charge in [-0.2, -0.15) is 0 Å². The van der Waals surface area contributed by atoms with E-state index in [-0.39, 0.29) is 15.5 Å². The monoisotopic (exact) mass is 401 g/mol. The van der Waals surface area contributed by atoms with Crippen molar-refractivity contribution in [2.24, 2.45) is 0 Å². The van der Waals surface area contributed by atoms with Crippen molar-refractivity contribution in [2.45, 2.75) is 49.7 Å². The molecule has 2 heterocycles. The van der Waals surface area contributed by atoms with Crippen LogP contribution in [0.3, 0.4) is 0 Å². The van der Waals surface area contributed by atoms with Gasteiger partial charge in [-0.25, -0.2) is 18.4 Å². The number of pyridine rings is 1. The van der Waals surface area contributed by atoms with Crippen LogP contribution in [-0.2, 0) is 20.0 Å². The Morgan fingerprint density at radius 2 is 1.84 bits per heavy atom. The van der Waals surface area contributed by atoms with Crippen LogP contribution in [0.5, 0.6) is 0 Å². The maximum atomic E-state index is 12.8. The Hall–Kier alpha value is -1.51. The third-order valence-corrected chi connectivity index (χ3v) is 7.09. The zero-order valence-corrected chi connectivity index (χ0v) is 17.0. The number of aromatic nitrogens is 2. The van der Waals surface area contributed by atoms with E-state index in [2.05, 4.69) is 15.3 Å². The fourth-order valence-electron chi connectivity index (χ4n) is 1.86. The molecule has 25 heavy (non-hydrogen) atoms. The van der Waals surface area contributed by atoms with Crippen LogP contribution in [0.1, 0.15) is 40.3 Å². The van der Waals surface area contributed by atoms with Gasteiger partial charge < -0.3 is 5.32 Å². The van der Waals surface area contributed by atoms with Gasteiger partial charge >= 0.3 is 0 Å². The summed E-state index contributed by atoms with van der Waals surface area (Å²) in [5.41, 5.74) is 0.672. The van der Waals surface area contributed by atoms with Gasteiger partial charge in [-0.15, -0.1) is 11.3 Å². The molecule has 0 radical (unpaired) electrons. The van der Waals surface area contributed by atoms with Crippen molar-refractivity contribution < 1.29 is 13.2 Å². The number of nitrogens with zero attached hydrogens (tertiary/aromatic N) is 2. The first-order chi connectivity index (χ1) is 11.4. The number of amides is 1. The molecule has 0 atom stereocenters. The van der Waals surface area contributed by atoms with Gasteiger partial charge in [0.15, 0.2) is 15.0 Å². The van der Waals surface area contributed by atoms with E-state index < -0.39 is 20.5 Å². The van der Waals surface area contributed by atoms with Crippen molar-refractivity contribution in [1.29, 1.82) is 0 Å². The molecule has 0 aliphatic rings. The number of carbonyl (C=O) groups excluding carboxylic acids is 1. The van der Waals surface area contributed by atoms with Crippen LogP contribution in [0.2, 0.25) is 5.15 Å². The molecule has 6 nitrogen and oxygen atoms in total. The molecule has 0 saturated carbocycles. The predicted molar refractivity (Wildman–Crippen MR) is 100.0 cm³/mol. The second-order valence-electron chi connectivity index (χ2n) is 7.07. The number of anilines is 1. The average molecular weight is 402 g/mol. The Kier molecular flexibility index (Phi) is 5.28. The van der Waals surface area contributed by atoms with E-state index in [1.54, 1.807) is 0 Å². The van der Waals surface area contributed by atoms with E-state index in [0.29, 0.717) is 5.13 Å². The third-order valence-electron chi connectivity index (χ3n) is 3.72. The maximum Gasteiger partial charge on any atom is 0.247 e. The lowest BCUT2D eigenvalue weighted by Crippen LogP contribution is -2.44. The molecule has 9 heteroatoms. The Labute approximate surface area is 156 Å². The predicted octanol–water partition coefficient (Wildman–Crippen LogP) is 3.68. The lowest BCUT2D eigenvalue weighted by Gasteiger charge is -2.23. The number of sulfone groups is 1. The van der Waals surface area contributed by atoms with Gasteiger partial charge in [-0.1, -0.05) is 32.4 Å². The van der Waals surface area contributed by atoms with E-state index in [0.717, 1.165) is 11.9 Å². The minimum absolute atomic E-state index is 0.0634. The normalized spacial score (nSPS) is 12.9. The molecule has 136 valence electrons. The Morgan fingerprint density at radius 1 is 1.20 bits per heavy atom. The zero-order valence-electron chi connectivity index (χ0n) is 14.6. The molecule has 0 aliphatic carbocycles. The summed E-state index contributed by atoms with van der Waals surface area (Å²) in [4.78, 5) is 20.7. The molecule has 2 rings (SSSR count). The first-order valence-corrected chi connectivity index (χ1v) is 10.2. The smallest absolute Gasteiger partial charge is 0.247 e. The van der Waals surface area contributed by atoms with Gasteiger partial charge in [0.05, 0.1) is 10.6 Å². The average Bonchev–Trinajstić information content (AvgIpc) is 2.96. The molecule has 1 amide bonds. The molecule has 0 bridgehead atoms. The largest absolute Gasteiger partial charge is 0.301 e. The second kappa shape index (κ2) is 6.66. The molecule has 2 aromatic rings. The molecule has 0 spiro atoms. The molecule has 0 saturated heterocycles. The summed E-state index contributed by atoms with van der Waals surface area (Å²) in [6.45, 7) is 8.73. The van der Waals surface area contributed by atoms with E-state index in [4.69, 9.17) is 11.6 Å². The van der Waals surface area contributed by atoms with Gasteiger partial charge in [-0.05, 0) is 26.0 Å². The standard InChI is InChI=1S/C16H20ClN3O3S2/c1-15(2,3)11-9-24-14(19-11)20-13(21)16(4,5)25(22,23)10-6-7-12(17)18-8-10/h6-9H,1-5H3,(H,19,20,21). The van der Waals surface area contributed by atoms with Crippen LogP contribution < -0.4 is 5.32 Å². The van der Waals surface area contributed by atoms with Crippen LogP contribution in [0.4, 0.5) is 5.13 Å². The molecular formula is C16H20ClN3O3S2. The van der Waals surface area contributed by atoms with Crippen LogP contribution in [0.25, 0.3) is 0 Å². The number of nitrogens with one attached hydrogen (secondary N) is 1. The maximum absolute atomic E-state index is 12.8. The van der Waals surface area contributed by atoms with Crippen LogP contribution in [-0.4, -0.2) is 29.0 Å². The quantitative estimate of drug-likeness (QED) is 0.789. The number of thiazole rings is 1. The minimum Gasteiger partial charge on any atom is -0.301 e. The van der Waals surface area contributed by atoms with Crippen molar-refractivity contribution >= 4 is 43.8 Å². The Morgan fingerprint density at radius 3 is 2.32 bits per heavy atom. The summed E-state index contributed by atoms with van der Waals surface area (Å²) >= 11 is 6.95. The minimum atomic E-state index is -3.95. The van der Waals surface area contributed by atoms with E-state index in [9.17, 15) is 13.2 Å². The van der Waals surface area contributed by atoms with Crippen molar-refractivity contribution in [3.8, 4) is 0 Å². The lowest BCUT2D eigenvalue weighted by atomic mass is 9.93. The molecule has 0 unspecified atom stereocenters. The number of hydrogen-bond donors (Lipinski definition) is 1. The number of hydrogen-bond acceptors (Lipinski definition) is 6. The zero-order chi connectivity index (χ0) is 19.0. The Balaban J connectivity index is 2.27. The number of carbonyl (C=O) groups is 1. The fraction of sp³-hybridized carbons (Fsp3) is 0.438. The highest BCUT2D eigenvalue weighted by molar-refractivity contribution is 7.93. The highest BCUT2D eigenvalue weighted by Gasteiger charge is 2.43. The first-order valence-electron chi connectivity index (χ1n) is 7.49. The van der Waals surface area contributed by atoms with Gasteiger partial charge in [0.1, 0.15) is 9.90 Å². The summed E-state index contributed by atoms with van der Waals surface area (Å²) in [5.74, 6) is -0.655. The lowest BCUT2D eigenvalue weighted by molar-refractivity contribution is -0.117. The summed E-state index contributed by atoms with van der Waals surface area (Å²) < 4.78 is 23.9. The van der Waals surface area contributed by atoms with Gasteiger partial charge in [-0.3, -0.25) is 4.79 Å². The fourth-order valence-corrected chi connectivity index (χ4v) is 4.23. The van der Waals surface area contributed by atoms with Crippen LogP contribution >= 0.6 is 22.9 Å². The highest BCUT2D eigenvalue weighted by Crippen LogP contribution is 2.30. The highest BCUT2D eigenvalue weighted by atomic mass is 35.5. The van der Waals surface area contributed by atoms with Gasteiger partial charge in [0.2, 0.25) is 5.91 Å². The topological polar surface area (TPSA) is 89.0 Å². The van der Waals surface area contributed by atoms with E-state index >= 15 is 0 Å². The first kappa shape index (κ1) is 19.8. The summed E-state index contributed by atoms with van der Waals surface area (Å²) in [7, 11) is -3.95. The SMILES string of the molecule is CC(C)(C)c1csc(NC(=O)C(C)(C)S(=O)(=O)c2ccc(Cl)nc2)n1. The summed E-state index contributed by atoms with van der Waals surface area (Å²) in [6.07, 6.45) is 1.15. The van der Waals surface area contributed by atoms with Crippen LogP contribution in [0.15, 0.2) is 28.6 Å². The second-order valence-corrected chi connectivity index (χ2v) is 10.8. The molecule has 2 aromatic heterocycles. The molecular weight excluding hydrogens is 382 g/mol. The summed E-state index contributed by atoms with van der Waals surface area (Å²) in [5, 5.41) is 5.00. The number of halogens is 1. The molecule has 0 aliphatic heterocycles. The van der Waals surface area contributed by atoms with Crippen molar-refractivity contribution in [3.05, 3.63) is 34.6 Å². The molecule has 0 aromatic carbocycles. The van der Waals surface area contributed by atoms with Gasteiger partial charge in [0, 0.05) is 17.0 Å². The van der Waals surface area contributed by atoms with Gasteiger partial charge in [0.25, 0.3) is 0 Å². The third kappa shape index (κ3) is 4.02. The van der Waals surface area contributed by atoms with E-state index in [1.807, 2.05) is 26.2 Å². The van der Waals surface area contributed by atoms with Crippen LogP contribution in [0, 0.1) is 0 Å². The molecule has 0 fully saturated rings. The van der Waals surface area contributed by atoms with Crippen molar-refractivity contribution in [3.63, 3.8) is 0 Å². The summed E-state index contributed by atoms with van der Waals surface area (Å²) in [6, 6.07) is 2.71. The number of rotatable bonds is 4. The molecule has 1 N–H and O–H groups in total. The van der Waals surface area contributed by atoms with E-state index in [1.165, 1.54) is 37.3 Å². The Bertz CT molecular complexity index is 882. The van der Waals surface area contributed by atoms with Crippen molar-refractivity contribution in [2.75, 3.05) is 5.32 Å².